The number of piperazine rings is 1. The van der Waals surface area contributed by atoms with Gasteiger partial charge in [-0.25, -0.2) is 0 Å². The molecule has 2 aliphatic rings. The normalized spacial score (nSPS) is 28.8. The molecule has 17 heavy (non-hydrogen) atoms. The third kappa shape index (κ3) is 3.03. The largest absolute Gasteiger partial charge is 0.308 e. The Balaban J connectivity index is 2.05. The summed E-state index contributed by atoms with van der Waals surface area (Å²) in [4.78, 5) is 2.74. The van der Waals surface area contributed by atoms with Crippen LogP contribution in [0.25, 0.3) is 0 Å². The van der Waals surface area contributed by atoms with Crippen LogP contribution in [0.4, 0.5) is 0 Å². The minimum Gasteiger partial charge on any atom is -0.308 e. The molecule has 1 saturated carbocycles. The molecule has 1 aliphatic carbocycles. The topological polar surface area (TPSA) is 15.3 Å². The fourth-order valence-electron chi connectivity index (χ4n) is 3.47. The van der Waals surface area contributed by atoms with Gasteiger partial charge in [0.1, 0.15) is 0 Å². The van der Waals surface area contributed by atoms with Crippen LogP contribution in [0.15, 0.2) is 0 Å². The molecule has 1 spiro atoms. The number of nitrogens with zero attached hydrogens (tertiary/aromatic N) is 1. The van der Waals surface area contributed by atoms with Crippen LogP contribution in [0.1, 0.15) is 59.8 Å². The van der Waals surface area contributed by atoms with Gasteiger partial charge in [-0.15, -0.1) is 0 Å². The summed E-state index contributed by atoms with van der Waals surface area (Å²) in [5.41, 5.74) is 0.773. The van der Waals surface area contributed by atoms with Crippen LogP contribution in [0.2, 0.25) is 0 Å². The first-order valence-corrected chi connectivity index (χ1v) is 7.44. The number of hydrogen-bond acceptors (Lipinski definition) is 2. The van der Waals surface area contributed by atoms with Crippen LogP contribution >= 0.6 is 0 Å². The van der Waals surface area contributed by atoms with Crippen LogP contribution in [-0.2, 0) is 0 Å². The molecule has 2 nitrogen and oxygen atoms in total. The predicted molar refractivity (Wildman–Crippen MR) is 74.3 cm³/mol. The van der Waals surface area contributed by atoms with Gasteiger partial charge in [0.2, 0.25) is 0 Å². The molecule has 1 saturated heterocycles. The molecule has 100 valence electrons. The molecule has 0 radical (unpaired) electrons. The van der Waals surface area contributed by atoms with E-state index in [1.165, 1.54) is 45.2 Å². The van der Waals surface area contributed by atoms with E-state index in [0.29, 0.717) is 11.1 Å². The molecule has 0 aromatic rings. The minimum atomic E-state index is 0.326. The molecule has 0 bridgehead atoms. The van der Waals surface area contributed by atoms with E-state index in [1.54, 1.807) is 0 Å². The second-order valence-corrected chi connectivity index (χ2v) is 7.28. The molecule has 0 atom stereocenters. The van der Waals surface area contributed by atoms with Crippen molar-refractivity contribution in [2.75, 3.05) is 19.6 Å². The summed E-state index contributed by atoms with van der Waals surface area (Å²) in [5.74, 6) is 0.771. The van der Waals surface area contributed by atoms with Gasteiger partial charge in [-0.1, -0.05) is 33.1 Å². The molecule has 1 N–H and O–H groups in total. The van der Waals surface area contributed by atoms with Gasteiger partial charge >= 0.3 is 0 Å². The number of hydrogen-bond donors (Lipinski definition) is 1. The highest BCUT2D eigenvalue weighted by atomic mass is 15.3. The molecular formula is C15H30N2. The van der Waals surface area contributed by atoms with E-state index < -0.39 is 0 Å². The highest BCUT2D eigenvalue weighted by Gasteiger charge is 2.42. The van der Waals surface area contributed by atoms with Gasteiger partial charge in [0, 0.05) is 30.7 Å². The van der Waals surface area contributed by atoms with Crippen molar-refractivity contribution in [1.29, 1.82) is 0 Å². The van der Waals surface area contributed by atoms with E-state index >= 15 is 0 Å². The second-order valence-electron chi connectivity index (χ2n) is 7.28. The highest BCUT2D eigenvalue weighted by molar-refractivity contribution is 5.03. The summed E-state index contributed by atoms with van der Waals surface area (Å²) in [6.07, 6.45) is 7.05. The maximum absolute atomic E-state index is 3.89. The minimum absolute atomic E-state index is 0.326. The molecule has 2 heteroatoms. The fraction of sp³-hybridized carbons (Fsp3) is 1.00. The Hall–Kier alpha value is -0.0800. The van der Waals surface area contributed by atoms with Crippen LogP contribution in [0, 0.1) is 5.92 Å². The van der Waals surface area contributed by atoms with Crippen LogP contribution in [0.3, 0.4) is 0 Å². The van der Waals surface area contributed by atoms with Crippen molar-refractivity contribution in [1.82, 2.24) is 10.2 Å². The lowest BCUT2D eigenvalue weighted by atomic mass is 9.77. The molecule has 0 aromatic carbocycles. The maximum Gasteiger partial charge on any atom is 0.0309 e. The van der Waals surface area contributed by atoms with Crippen molar-refractivity contribution in [3.63, 3.8) is 0 Å². The van der Waals surface area contributed by atoms with Crippen LogP contribution in [0.5, 0.6) is 0 Å². The zero-order valence-electron chi connectivity index (χ0n) is 12.2. The van der Waals surface area contributed by atoms with E-state index in [-0.39, 0.29) is 0 Å². The smallest absolute Gasteiger partial charge is 0.0309 e. The standard InChI is InChI=1S/C15H30N2/c1-13(2)10-17-12-15(8-6-5-7-9-15)16-11-14(17,3)4/h13,16H,5-12H2,1-4H3. The Bertz CT molecular complexity index is 252. The van der Waals surface area contributed by atoms with Crippen molar-refractivity contribution < 1.29 is 0 Å². The van der Waals surface area contributed by atoms with Gasteiger partial charge < -0.3 is 5.32 Å². The Morgan fingerprint density at radius 1 is 1.12 bits per heavy atom. The first-order valence-electron chi connectivity index (χ1n) is 7.44. The Labute approximate surface area is 107 Å². The number of nitrogens with one attached hydrogen (secondary N) is 1. The van der Waals surface area contributed by atoms with Crippen LogP contribution in [-0.4, -0.2) is 35.6 Å². The summed E-state index contributed by atoms with van der Waals surface area (Å²) in [6.45, 7) is 13.1. The summed E-state index contributed by atoms with van der Waals surface area (Å²) in [5, 5.41) is 3.89. The van der Waals surface area contributed by atoms with Crippen molar-refractivity contribution in [3.05, 3.63) is 0 Å². The van der Waals surface area contributed by atoms with Gasteiger partial charge in [0.05, 0.1) is 0 Å². The van der Waals surface area contributed by atoms with Crippen molar-refractivity contribution in [3.8, 4) is 0 Å². The third-order valence-electron chi connectivity index (χ3n) is 4.64. The predicted octanol–water partition coefficient (Wildman–Crippen LogP) is 3.03. The maximum atomic E-state index is 3.89. The third-order valence-corrected chi connectivity index (χ3v) is 4.64. The first kappa shape index (κ1) is 13.4. The zero-order chi connectivity index (χ0) is 12.5. The summed E-state index contributed by atoms with van der Waals surface area (Å²) in [6, 6.07) is 0. The molecule has 1 aliphatic heterocycles. The Morgan fingerprint density at radius 3 is 2.35 bits per heavy atom. The molecule has 2 fully saturated rings. The van der Waals surface area contributed by atoms with Crippen LogP contribution < -0.4 is 5.32 Å². The van der Waals surface area contributed by atoms with Gasteiger partial charge in [0.25, 0.3) is 0 Å². The van der Waals surface area contributed by atoms with E-state index in [0.717, 1.165) is 12.5 Å². The lowest BCUT2D eigenvalue weighted by Crippen LogP contribution is -2.68. The van der Waals surface area contributed by atoms with E-state index in [1.807, 2.05) is 0 Å². The quantitative estimate of drug-likeness (QED) is 0.795. The summed E-state index contributed by atoms with van der Waals surface area (Å²) < 4.78 is 0. The number of rotatable bonds is 2. The van der Waals surface area contributed by atoms with E-state index in [2.05, 4.69) is 37.9 Å². The lowest BCUT2D eigenvalue weighted by molar-refractivity contribution is 0.00349. The Morgan fingerprint density at radius 2 is 1.76 bits per heavy atom. The van der Waals surface area contributed by atoms with Crippen molar-refractivity contribution >= 4 is 0 Å². The summed E-state index contributed by atoms with van der Waals surface area (Å²) >= 11 is 0. The lowest BCUT2D eigenvalue weighted by Gasteiger charge is -2.54. The average molecular weight is 238 g/mol. The molecule has 0 amide bonds. The molecular weight excluding hydrogens is 208 g/mol. The average Bonchev–Trinajstić information content (AvgIpc) is 2.25. The summed E-state index contributed by atoms with van der Waals surface area (Å²) in [7, 11) is 0. The van der Waals surface area contributed by atoms with E-state index in [4.69, 9.17) is 0 Å². The highest BCUT2D eigenvalue weighted by Crippen LogP contribution is 2.34. The van der Waals surface area contributed by atoms with Gasteiger partial charge in [-0.3, -0.25) is 4.90 Å². The molecule has 1 heterocycles. The molecule has 2 rings (SSSR count). The Kier molecular flexibility index (Phi) is 3.84. The van der Waals surface area contributed by atoms with Crippen molar-refractivity contribution in [2.24, 2.45) is 5.92 Å². The molecule has 0 unspecified atom stereocenters. The van der Waals surface area contributed by atoms with Gasteiger partial charge in [-0.2, -0.15) is 0 Å². The van der Waals surface area contributed by atoms with Gasteiger partial charge in [-0.05, 0) is 32.6 Å². The fourth-order valence-corrected chi connectivity index (χ4v) is 3.47. The van der Waals surface area contributed by atoms with Gasteiger partial charge in [0.15, 0.2) is 0 Å². The molecule has 0 aromatic heterocycles. The van der Waals surface area contributed by atoms with E-state index in [9.17, 15) is 0 Å². The monoisotopic (exact) mass is 238 g/mol. The SMILES string of the molecule is CC(C)CN1CC2(CCCCC2)NCC1(C)C. The first-order chi connectivity index (χ1) is 7.94. The van der Waals surface area contributed by atoms with Crippen molar-refractivity contribution in [2.45, 2.75) is 70.9 Å². The zero-order valence-corrected chi connectivity index (χ0v) is 12.2. The second kappa shape index (κ2) is 4.89.